The van der Waals surface area contributed by atoms with E-state index in [0.29, 0.717) is 36.0 Å². The molecule has 1 aliphatic heterocycles. The van der Waals surface area contributed by atoms with Gasteiger partial charge in [-0.25, -0.2) is 9.78 Å². The monoisotopic (exact) mass is 445 g/mol. The summed E-state index contributed by atoms with van der Waals surface area (Å²) in [6.45, 7) is 6.25. The Kier molecular flexibility index (Phi) is 6.67. The Bertz CT molecular complexity index is 872. The van der Waals surface area contributed by atoms with E-state index < -0.39 is 5.97 Å². The minimum atomic E-state index is -0.418. The fraction of sp³-hybridized carbons (Fsp3) is 0.381. The van der Waals surface area contributed by atoms with Crippen molar-refractivity contribution < 1.29 is 14.3 Å². The summed E-state index contributed by atoms with van der Waals surface area (Å²) >= 11 is 3.51. The van der Waals surface area contributed by atoms with Crippen molar-refractivity contribution in [2.75, 3.05) is 31.1 Å². The van der Waals surface area contributed by atoms with Gasteiger partial charge in [-0.2, -0.15) is 0 Å². The molecule has 2 heterocycles. The molecule has 1 aliphatic rings. The van der Waals surface area contributed by atoms with E-state index in [-0.39, 0.29) is 5.91 Å². The van der Waals surface area contributed by atoms with Crippen molar-refractivity contribution in [2.45, 2.75) is 20.3 Å². The smallest absolute Gasteiger partial charge is 0.339 e. The number of aromatic nitrogens is 1. The summed E-state index contributed by atoms with van der Waals surface area (Å²) < 4.78 is 6.06. The largest absolute Gasteiger partial charge is 0.462 e. The highest BCUT2D eigenvalue weighted by Crippen LogP contribution is 2.26. The van der Waals surface area contributed by atoms with Crippen LogP contribution in [0.1, 0.15) is 39.9 Å². The zero-order chi connectivity index (χ0) is 20.1. The second-order valence-electron chi connectivity index (χ2n) is 6.84. The molecule has 0 saturated carbocycles. The van der Waals surface area contributed by atoms with Gasteiger partial charge in [-0.05, 0) is 56.5 Å². The van der Waals surface area contributed by atoms with E-state index in [1.54, 1.807) is 26.0 Å². The molecule has 1 fully saturated rings. The van der Waals surface area contributed by atoms with Crippen molar-refractivity contribution in [2.24, 2.45) is 5.92 Å². The van der Waals surface area contributed by atoms with Crippen LogP contribution < -0.4 is 10.2 Å². The first kappa shape index (κ1) is 20.3. The summed E-state index contributed by atoms with van der Waals surface area (Å²) in [5.41, 5.74) is 2.38. The summed E-state index contributed by atoms with van der Waals surface area (Å²) in [5.74, 6) is -0.250. The molecule has 1 atom stereocenters. The third-order valence-electron chi connectivity index (χ3n) is 4.82. The molecule has 3 rings (SSSR count). The molecule has 1 aromatic carbocycles. The maximum atomic E-state index is 12.4. The number of benzene rings is 1. The predicted molar refractivity (Wildman–Crippen MR) is 112 cm³/mol. The number of hydrogen-bond donors (Lipinski definition) is 1. The third-order valence-corrected chi connectivity index (χ3v) is 5.32. The molecule has 1 N–H and O–H groups in total. The lowest BCUT2D eigenvalue weighted by molar-refractivity contribution is 0.0524. The standard InChI is InChI=1S/C21H24BrN3O3/c1-3-28-21(27)18-7-8-19(24-14(18)2)20(26)23-12-15-9-10-25(13-15)17-6-4-5-16(22)11-17/h4-8,11,15H,3,9-10,12-13H2,1-2H3,(H,23,26). The average Bonchev–Trinajstić information content (AvgIpc) is 3.15. The Hall–Kier alpha value is -2.41. The molecule has 7 heteroatoms. The first-order chi connectivity index (χ1) is 13.5. The highest BCUT2D eigenvalue weighted by molar-refractivity contribution is 9.10. The van der Waals surface area contributed by atoms with Gasteiger partial charge in [-0.3, -0.25) is 4.79 Å². The second-order valence-corrected chi connectivity index (χ2v) is 7.76. The fourth-order valence-corrected chi connectivity index (χ4v) is 3.73. The van der Waals surface area contributed by atoms with Crippen LogP contribution in [-0.2, 0) is 4.74 Å². The fourth-order valence-electron chi connectivity index (χ4n) is 3.35. The maximum Gasteiger partial charge on any atom is 0.339 e. The van der Waals surface area contributed by atoms with Gasteiger partial charge in [0.1, 0.15) is 5.69 Å². The summed E-state index contributed by atoms with van der Waals surface area (Å²) in [6.07, 6.45) is 1.03. The van der Waals surface area contributed by atoms with Crippen molar-refractivity contribution >= 4 is 33.5 Å². The van der Waals surface area contributed by atoms with Crippen molar-refractivity contribution in [3.8, 4) is 0 Å². The number of pyridine rings is 1. The quantitative estimate of drug-likeness (QED) is 0.687. The maximum absolute atomic E-state index is 12.4. The number of anilines is 1. The van der Waals surface area contributed by atoms with Crippen molar-refractivity contribution in [3.05, 3.63) is 57.8 Å². The Morgan fingerprint density at radius 2 is 2.14 bits per heavy atom. The van der Waals surface area contributed by atoms with E-state index in [1.807, 2.05) is 12.1 Å². The molecular formula is C21H24BrN3O3. The van der Waals surface area contributed by atoms with Gasteiger partial charge in [0, 0.05) is 29.8 Å². The number of halogens is 1. The molecule has 1 aromatic heterocycles. The van der Waals surface area contributed by atoms with Gasteiger partial charge in [0.25, 0.3) is 5.91 Å². The SMILES string of the molecule is CCOC(=O)c1ccc(C(=O)NCC2CCN(c3cccc(Br)c3)C2)nc1C. The number of nitrogens with zero attached hydrogens (tertiary/aromatic N) is 2. The molecule has 1 saturated heterocycles. The van der Waals surface area contributed by atoms with Gasteiger partial charge < -0.3 is 15.0 Å². The Morgan fingerprint density at radius 3 is 2.86 bits per heavy atom. The molecule has 6 nitrogen and oxygen atoms in total. The number of carbonyl (C=O) groups excluding carboxylic acids is 2. The minimum absolute atomic E-state index is 0.223. The minimum Gasteiger partial charge on any atom is -0.462 e. The highest BCUT2D eigenvalue weighted by Gasteiger charge is 2.24. The predicted octanol–water partition coefficient (Wildman–Crippen LogP) is 3.59. The number of rotatable bonds is 6. The molecule has 1 amide bonds. The van der Waals surface area contributed by atoms with Crippen LogP contribution in [0, 0.1) is 12.8 Å². The van der Waals surface area contributed by atoms with Crippen LogP contribution in [0.4, 0.5) is 5.69 Å². The van der Waals surface area contributed by atoms with E-state index in [0.717, 1.165) is 24.0 Å². The summed E-state index contributed by atoms with van der Waals surface area (Å²) in [7, 11) is 0. The molecular weight excluding hydrogens is 422 g/mol. The molecule has 0 radical (unpaired) electrons. The van der Waals surface area contributed by atoms with Gasteiger partial charge >= 0.3 is 5.97 Å². The van der Waals surface area contributed by atoms with Crippen LogP contribution in [0.5, 0.6) is 0 Å². The Balaban J connectivity index is 1.54. The van der Waals surface area contributed by atoms with Crippen molar-refractivity contribution in [1.29, 1.82) is 0 Å². The lowest BCUT2D eigenvalue weighted by Gasteiger charge is -2.19. The Labute approximate surface area is 173 Å². The first-order valence-corrected chi connectivity index (χ1v) is 10.2. The third kappa shape index (κ3) is 4.90. The number of ether oxygens (including phenoxy) is 1. The van der Waals surface area contributed by atoms with Gasteiger partial charge in [0.15, 0.2) is 0 Å². The normalized spacial score (nSPS) is 16.1. The van der Waals surface area contributed by atoms with E-state index >= 15 is 0 Å². The average molecular weight is 446 g/mol. The molecule has 148 valence electrons. The second kappa shape index (κ2) is 9.19. The highest BCUT2D eigenvalue weighted by atomic mass is 79.9. The van der Waals surface area contributed by atoms with Gasteiger partial charge in [-0.15, -0.1) is 0 Å². The molecule has 0 bridgehead atoms. The van der Waals surface area contributed by atoms with E-state index in [1.165, 1.54) is 5.69 Å². The number of amides is 1. The van der Waals surface area contributed by atoms with Crippen molar-refractivity contribution in [3.63, 3.8) is 0 Å². The lowest BCUT2D eigenvalue weighted by atomic mass is 10.1. The van der Waals surface area contributed by atoms with Gasteiger partial charge in [0.2, 0.25) is 0 Å². The molecule has 0 spiro atoms. The zero-order valence-electron chi connectivity index (χ0n) is 16.1. The number of hydrogen-bond acceptors (Lipinski definition) is 5. The van der Waals surface area contributed by atoms with Crippen LogP contribution >= 0.6 is 15.9 Å². The zero-order valence-corrected chi connectivity index (χ0v) is 17.7. The first-order valence-electron chi connectivity index (χ1n) is 9.41. The van der Waals surface area contributed by atoms with E-state index in [4.69, 9.17) is 4.74 Å². The van der Waals surface area contributed by atoms with E-state index in [2.05, 4.69) is 43.3 Å². The van der Waals surface area contributed by atoms with Crippen LogP contribution in [-0.4, -0.2) is 43.1 Å². The number of esters is 1. The summed E-state index contributed by atoms with van der Waals surface area (Å²) in [5, 5.41) is 2.97. The van der Waals surface area contributed by atoms with E-state index in [9.17, 15) is 9.59 Å². The Morgan fingerprint density at radius 1 is 1.32 bits per heavy atom. The summed E-state index contributed by atoms with van der Waals surface area (Å²) in [6, 6.07) is 11.4. The molecule has 28 heavy (non-hydrogen) atoms. The van der Waals surface area contributed by atoms with Crippen LogP contribution in [0.25, 0.3) is 0 Å². The van der Waals surface area contributed by atoms with Crippen LogP contribution in [0.2, 0.25) is 0 Å². The number of aryl methyl sites for hydroxylation is 1. The number of carbonyl (C=O) groups is 2. The van der Waals surface area contributed by atoms with Crippen LogP contribution in [0.3, 0.4) is 0 Å². The lowest BCUT2D eigenvalue weighted by Crippen LogP contribution is -2.31. The van der Waals surface area contributed by atoms with Gasteiger partial charge in [-0.1, -0.05) is 22.0 Å². The number of nitrogens with one attached hydrogen (secondary N) is 1. The van der Waals surface area contributed by atoms with Crippen molar-refractivity contribution in [1.82, 2.24) is 10.3 Å². The molecule has 1 unspecified atom stereocenters. The van der Waals surface area contributed by atoms with Crippen LogP contribution in [0.15, 0.2) is 40.9 Å². The molecule has 0 aliphatic carbocycles. The van der Waals surface area contributed by atoms with Gasteiger partial charge in [0.05, 0.1) is 17.9 Å². The molecule has 2 aromatic rings. The summed E-state index contributed by atoms with van der Waals surface area (Å²) in [4.78, 5) is 30.9. The topological polar surface area (TPSA) is 71.5 Å².